The summed E-state index contributed by atoms with van der Waals surface area (Å²) in [4.78, 5) is 22.2. The van der Waals surface area contributed by atoms with E-state index < -0.39 is 11.9 Å². The maximum absolute atomic E-state index is 11.1. The first kappa shape index (κ1) is 17.3. The molecular formula is C12H12I2O6. The number of halogens is 2. The molecule has 110 valence electrons. The van der Waals surface area contributed by atoms with Crippen LogP contribution in [0.5, 0.6) is 11.5 Å². The van der Waals surface area contributed by atoms with Crippen LogP contribution in [0, 0.1) is 7.14 Å². The van der Waals surface area contributed by atoms with Gasteiger partial charge in [0.1, 0.15) is 0 Å². The summed E-state index contributed by atoms with van der Waals surface area (Å²) in [7, 11) is 2.55. The van der Waals surface area contributed by atoms with Gasteiger partial charge in [-0.2, -0.15) is 0 Å². The molecule has 0 atom stereocenters. The largest absolute Gasteiger partial charge is 0.478 e. The molecule has 0 aliphatic rings. The summed E-state index contributed by atoms with van der Waals surface area (Å²) in [5.41, 5.74) is 0. The number of esters is 2. The third-order valence-corrected chi connectivity index (χ3v) is 3.53. The lowest BCUT2D eigenvalue weighted by molar-refractivity contribution is -0.144. The highest BCUT2D eigenvalue weighted by Crippen LogP contribution is 2.34. The molecule has 1 aromatic rings. The summed E-state index contributed by atoms with van der Waals surface area (Å²) >= 11 is 4.17. The molecule has 6 nitrogen and oxygen atoms in total. The van der Waals surface area contributed by atoms with Gasteiger partial charge in [0.25, 0.3) is 0 Å². The highest BCUT2D eigenvalue weighted by atomic mass is 127. The van der Waals surface area contributed by atoms with E-state index in [-0.39, 0.29) is 13.2 Å². The topological polar surface area (TPSA) is 71.1 Å². The fourth-order valence-electron chi connectivity index (χ4n) is 1.17. The van der Waals surface area contributed by atoms with Crippen LogP contribution >= 0.6 is 45.2 Å². The van der Waals surface area contributed by atoms with Crippen molar-refractivity contribution < 1.29 is 28.5 Å². The van der Waals surface area contributed by atoms with Gasteiger partial charge in [-0.25, -0.2) is 9.59 Å². The lowest BCUT2D eigenvalue weighted by Gasteiger charge is -2.13. The minimum absolute atomic E-state index is 0.234. The zero-order valence-electron chi connectivity index (χ0n) is 10.8. The van der Waals surface area contributed by atoms with E-state index in [1.54, 1.807) is 6.07 Å². The molecule has 0 spiro atoms. The molecule has 1 rings (SSSR count). The minimum Gasteiger partial charge on any atom is -0.478 e. The zero-order valence-corrected chi connectivity index (χ0v) is 15.1. The van der Waals surface area contributed by atoms with Gasteiger partial charge >= 0.3 is 11.9 Å². The summed E-state index contributed by atoms with van der Waals surface area (Å²) in [5, 5.41) is 0. The van der Waals surface area contributed by atoms with E-state index in [1.807, 2.05) is 6.07 Å². The van der Waals surface area contributed by atoms with Crippen molar-refractivity contribution in [2.24, 2.45) is 0 Å². The van der Waals surface area contributed by atoms with Crippen LogP contribution in [0.25, 0.3) is 0 Å². The zero-order chi connectivity index (χ0) is 15.1. The number of ether oxygens (including phenoxy) is 4. The third kappa shape index (κ3) is 5.31. The average molecular weight is 506 g/mol. The van der Waals surface area contributed by atoms with E-state index in [0.29, 0.717) is 11.5 Å². The van der Waals surface area contributed by atoms with Crippen LogP contribution in [0.15, 0.2) is 12.1 Å². The van der Waals surface area contributed by atoms with E-state index in [1.165, 1.54) is 14.2 Å². The smallest absolute Gasteiger partial charge is 0.343 e. The fraction of sp³-hybridized carbons (Fsp3) is 0.333. The van der Waals surface area contributed by atoms with Crippen molar-refractivity contribution in [3.8, 4) is 11.5 Å². The number of carbonyl (C=O) groups is 2. The standard InChI is InChI=1S/C12H12I2O6/c1-17-10(15)5-19-9-4-7(13)3-8(14)12(9)20-6-11(16)18-2/h3-4H,5-6H2,1-2H3. The lowest BCUT2D eigenvalue weighted by atomic mass is 10.3. The molecule has 0 saturated heterocycles. The molecule has 0 aromatic heterocycles. The Labute approximate surface area is 143 Å². The normalized spacial score (nSPS) is 9.80. The second-order valence-corrected chi connectivity index (χ2v) is 5.85. The fourth-order valence-corrected chi connectivity index (χ4v) is 3.12. The second kappa shape index (κ2) is 8.49. The van der Waals surface area contributed by atoms with E-state index in [2.05, 4.69) is 54.7 Å². The van der Waals surface area contributed by atoms with Crippen molar-refractivity contribution in [1.29, 1.82) is 0 Å². The summed E-state index contributed by atoms with van der Waals surface area (Å²) < 4.78 is 21.4. The Morgan fingerprint density at radius 1 is 1.00 bits per heavy atom. The molecule has 0 aliphatic heterocycles. The molecule has 0 heterocycles. The maximum atomic E-state index is 11.1. The Bertz CT molecular complexity index is 503. The van der Waals surface area contributed by atoms with Gasteiger partial charge in [0.15, 0.2) is 24.7 Å². The predicted molar refractivity (Wildman–Crippen MR) is 86.9 cm³/mol. The van der Waals surface area contributed by atoms with Crippen molar-refractivity contribution in [3.05, 3.63) is 19.3 Å². The lowest BCUT2D eigenvalue weighted by Crippen LogP contribution is -2.16. The van der Waals surface area contributed by atoms with Gasteiger partial charge in [0.05, 0.1) is 17.8 Å². The third-order valence-electron chi connectivity index (χ3n) is 2.11. The van der Waals surface area contributed by atoms with Crippen molar-refractivity contribution in [2.75, 3.05) is 27.4 Å². The molecule has 8 heteroatoms. The van der Waals surface area contributed by atoms with E-state index in [4.69, 9.17) is 9.47 Å². The summed E-state index contributed by atoms with van der Waals surface area (Å²) in [6, 6.07) is 3.57. The molecule has 0 saturated carbocycles. The van der Waals surface area contributed by atoms with Crippen LogP contribution in [-0.4, -0.2) is 39.4 Å². The van der Waals surface area contributed by atoms with Crippen LogP contribution in [0.1, 0.15) is 0 Å². The molecule has 0 fully saturated rings. The molecule has 1 aromatic carbocycles. The Morgan fingerprint density at radius 2 is 1.55 bits per heavy atom. The Kier molecular flexibility index (Phi) is 7.34. The summed E-state index contributed by atoms with van der Waals surface area (Å²) in [6.45, 7) is -0.469. The van der Waals surface area contributed by atoms with E-state index in [0.717, 1.165) is 7.14 Å². The Hall–Kier alpha value is -0.780. The second-order valence-electron chi connectivity index (χ2n) is 3.44. The van der Waals surface area contributed by atoms with Gasteiger partial charge < -0.3 is 18.9 Å². The first-order valence-electron chi connectivity index (χ1n) is 5.36. The summed E-state index contributed by atoms with van der Waals surface area (Å²) in [5.74, 6) is -0.244. The molecule has 0 radical (unpaired) electrons. The molecule has 0 amide bonds. The van der Waals surface area contributed by atoms with Crippen molar-refractivity contribution in [3.63, 3.8) is 0 Å². The monoisotopic (exact) mass is 506 g/mol. The number of rotatable bonds is 6. The number of benzene rings is 1. The number of hydrogen-bond donors (Lipinski definition) is 0. The first-order valence-corrected chi connectivity index (χ1v) is 7.52. The summed E-state index contributed by atoms with van der Waals surface area (Å²) in [6.07, 6.45) is 0. The Balaban J connectivity index is 2.89. The number of hydrogen-bond acceptors (Lipinski definition) is 6. The van der Waals surface area contributed by atoms with Gasteiger partial charge in [-0.1, -0.05) is 0 Å². The van der Waals surface area contributed by atoms with Crippen molar-refractivity contribution >= 4 is 57.1 Å². The van der Waals surface area contributed by atoms with Gasteiger partial charge in [-0.3, -0.25) is 0 Å². The number of methoxy groups -OCH3 is 2. The predicted octanol–water partition coefficient (Wildman–Crippen LogP) is 2.00. The van der Waals surface area contributed by atoms with Crippen LogP contribution in [0.2, 0.25) is 0 Å². The average Bonchev–Trinajstić information content (AvgIpc) is 2.42. The molecule has 0 unspecified atom stereocenters. The van der Waals surface area contributed by atoms with Crippen LogP contribution < -0.4 is 9.47 Å². The Morgan fingerprint density at radius 3 is 2.10 bits per heavy atom. The van der Waals surface area contributed by atoms with Crippen LogP contribution in [-0.2, 0) is 19.1 Å². The van der Waals surface area contributed by atoms with Gasteiger partial charge in [-0.05, 0) is 57.3 Å². The molecule has 0 bridgehead atoms. The number of carbonyl (C=O) groups excluding carboxylic acids is 2. The van der Waals surface area contributed by atoms with E-state index >= 15 is 0 Å². The SMILES string of the molecule is COC(=O)COc1cc(I)cc(I)c1OCC(=O)OC. The minimum atomic E-state index is -0.502. The van der Waals surface area contributed by atoms with E-state index in [9.17, 15) is 9.59 Å². The highest BCUT2D eigenvalue weighted by molar-refractivity contribution is 14.1. The van der Waals surface area contributed by atoms with Crippen molar-refractivity contribution in [1.82, 2.24) is 0 Å². The van der Waals surface area contributed by atoms with Crippen LogP contribution in [0.3, 0.4) is 0 Å². The van der Waals surface area contributed by atoms with Gasteiger partial charge in [0.2, 0.25) is 0 Å². The first-order chi connectivity index (χ1) is 9.47. The molecular weight excluding hydrogens is 494 g/mol. The van der Waals surface area contributed by atoms with Crippen LogP contribution in [0.4, 0.5) is 0 Å². The highest BCUT2D eigenvalue weighted by Gasteiger charge is 2.15. The van der Waals surface area contributed by atoms with Gasteiger partial charge in [0, 0.05) is 3.57 Å². The molecule has 0 aliphatic carbocycles. The molecule has 20 heavy (non-hydrogen) atoms. The van der Waals surface area contributed by atoms with Gasteiger partial charge in [-0.15, -0.1) is 0 Å². The maximum Gasteiger partial charge on any atom is 0.343 e. The quantitative estimate of drug-likeness (QED) is 0.435. The van der Waals surface area contributed by atoms with Crippen molar-refractivity contribution in [2.45, 2.75) is 0 Å². The molecule has 0 N–H and O–H groups in total.